The molecule has 2 aromatic rings. The van der Waals surface area contributed by atoms with Gasteiger partial charge in [0.1, 0.15) is 0 Å². The van der Waals surface area contributed by atoms with Crippen molar-refractivity contribution >= 4 is 9.84 Å². The number of nitrogens with zero attached hydrogens (tertiary/aromatic N) is 2. The first kappa shape index (κ1) is 11.7. The normalized spacial score (nSPS) is 11.4. The van der Waals surface area contributed by atoms with Gasteiger partial charge >= 0.3 is 0 Å². The molecule has 0 unspecified atom stereocenters. The van der Waals surface area contributed by atoms with Gasteiger partial charge in [-0.15, -0.1) is 0 Å². The van der Waals surface area contributed by atoms with Gasteiger partial charge < -0.3 is 0 Å². The standard InChI is InChI=1S/C12H12N2O2S/c1-17(15,16)9-10-4-5-12(14-7-10)11-3-2-6-13-8-11/h2-8H,9H2,1H3. The Bertz CT molecular complexity index is 592. The first-order chi connectivity index (χ1) is 8.04. The highest BCUT2D eigenvalue weighted by molar-refractivity contribution is 7.89. The molecule has 0 saturated carbocycles. The van der Waals surface area contributed by atoms with Gasteiger partial charge in [0.2, 0.25) is 0 Å². The number of hydrogen-bond donors (Lipinski definition) is 0. The van der Waals surface area contributed by atoms with Crippen molar-refractivity contribution in [1.82, 2.24) is 9.97 Å². The van der Waals surface area contributed by atoms with Gasteiger partial charge in [0.25, 0.3) is 0 Å². The van der Waals surface area contributed by atoms with Crippen molar-refractivity contribution in [3.8, 4) is 11.3 Å². The van der Waals surface area contributed by atoms with Crippen molar-refractivity contribution in [3.63, 3.8) is 0 Å². The molecule has 4 nitrogen and oxygen atoms in total. The van der Waals surface area contributed by atoms with Crippen molar-refractivity contribution in [3.05, 3.63) is 48.4 Å². The van der Waals surface area contributed by atoms with E-state index in [0.717, 1.165) is 11.3 Å². The maximum atomic E-state index is 11.1. The van der Waals surface area contributed by atoms with Crippen molar-refractivity contribution in [1.29, 1.82) is 0 Å². The molecule has 0 saturated heterocycles. The van der Waals surface area contributed by atoms with E-state index in [2.05, 4.69) is 9.97 Å². The second kappa shape index (κ2) is 4.63. The number of rotatable bonds is 3. The molecule has 0 bridgehead atoms. The summed E-state index contributed by atoms with van der Waals surface area (Å²) in [7, 11) is -3.01. The summed E-state index contributed by atoms with van der Waals surface area (Å²) in [5, 5.41) is 0. The summed E-state index contributed by atoms with van der Waals surface area (Å²) in [6, 6.07) is 7.32. The summed E-state index contributed by atoms with van der Waals surface area (Å²) >= 11 is 0. The molecule has 0 fully saturated rings. The zero-order chi connectivity index (χ0) is 12.3. The lowest BCUT2D eigenvalue weighted by molar-refractivity contribution is 0.601. The van der Waals surface area contributed by atoms with Crippen LogP contribution in [0.1, 0.15) is 5.56 Å². The van der Waals surface area contributed by atoms with Crippen LogP contribution in [0.3, 0.4) is 0 Å². The van der Waals surface area contributed by atoms with E-state index in [4.69, 9.17) is 0 Å². The van der Waals surface area contributed by atoms with E-state index in [1.54, 1.807) is 30.7 Å². The Morgan fingerprint density at radius 1 is 1.18 bits per heavy atom. The van der Waals surface area contributed by atoms with Gasteiger partial charge in [0.05, 0.1) is 11.4 Å². The molecule has 88 valence electrons. The van der Waals surface area contributed by atoms with Crippen LogP contribution in [0.15, 0.2) is 42.9 Å². The highest BCUT2D eigenvalue weighted by atomic mass is 32.2. The first-order valence-corrected chi connectivity index (χ1v) is 7.14. The molecule has 0 spiro atoms. The molecule has 5 heteroatoms. The van der Waals surface area contributed by atoms with Crippen LogP contribution in [0.2, 0.25) is 0 Å². The molecule has 0 aliphatic carbocycles. The molecule has 0 atom stereocenters. The number of hydrogen-bond acceptors (Lipinski definition) is 4. The van der Waals surface area contributed by atoms with E-state index in [1.165, 1.54) is 6.26 Å². The fourth-order valence-corrected chi connectivity index (χ4v) is 2.27. The average Bonchev–Trinajstić information content (AvgIpc) is 2.29. The molecule has 2 rings (SSSR count). The minimum absolute atomic E-state index is 0.0212. The minimum Gasteiger partial charge on any atom is -0.264 e. The Hall–Kier alpha value is -1.75. The van der Waals surface area contributed by atoms with Gasteiger partial charge in [-0.05, 0) is 23.8 Å². The molecular formula is C12H12N2O2S. The Balaban J connectivity index is 2.25. The van der Waals surface area contributed by atoms with Crippen LogP contribution < -0.4 is 0 Å². The van der Waals surface area contributed by atoms with Crippen LogP contribution in [0.25, 0.3) is 11.3 Å². The minimum atomic E-state index is -3.01. The average molecular weight is 248 g/mol. The molecule has 0 aliphatic rings. The lowest BCUT2D eigenvalue weighted by Gasteiger charge is -2.02. The van der Waals surface area contributed by atoms with E-state index in [-0.39, 0.29) is 5.75 Å². The first-order valence-electron chi connectivity index (χ1n) is 5.08. The third-order valence-electron chi connectivity index (χ3n) is 2.21. The molecule has 0 aromatic carbocycles. The monoisotopic (exact) mass is 248 g/mol. The number of sulfone groups is 1. The van der Waals surface area contributed by atoms with Gasteiger partial charge in [0, 0.05) is 30.4 Å². The predicted octanol–water partition coefficient (Wildman–Crippen LogP) is 1.69. The summed E-state index contributed by atoms with van der Waals surface area (Å²) < 4.78 is 22.2. The number of aromatic nitrogens is 2. The largest absolute Gasteiger partial charge is 0.264 e. The fourth-order valence-electron chi connectivity index (χ4n) is 1.50. The molecule has 2 aromatic heterocycles. The van der Waals surface area contributed by atoms with Crippen LogP contribution in [0, 0.1) is 0 Å². The Morgan fingerprint density at radius 2 is 2.00 bits per heavy atom. The Kier molecular flexibility index (Phi) is 3.19. The molecule has 2 heterocycles. The van der Waals surface area contributed by atoms with E-state index in [1.807, 2.05) is 12.1 Å². The highest BCUT2D eigenvalue weighted by Gasteiger charge is 2.05. The summed E-state index contributed by atoms with van der Waals surface area (Å²) in [4.78, 5) is 8.24. The van der Waals surface area contributed by atoms with Crippen molar-refractivity contribution < 1.29 is 8.42 Å². The summed E-state index contributed by atoms with van der Waals surface area (Å²) in [5.74, 6) is 0.0212. The third-order valence-corrected chi connectivity index (χ3v) is 3.07. The van der Waals surface area contributed by atoms with E-state index in [9.17, 15) is 8.42 Å². The molecule has 0 N–H and O–H groups in total. The van der Waals surface area contributed by atoms with Crippen LogP contribution in [0.5, 0.6) is 0 Å². The van der Waals surface area contributed by atoms with E-state index in [0.29, 0.717) is 5.56 Å². The second-order valence-electron chi connectivity index (χ2n) is 3.86. The zero-order valence-electron chi connectivity index (χ0n) is 9.37. The summed E-state index contributed by atoms with van der Waals surface area (Å²) in [6.45, 7) is 0. The highest BCUT2D eigenvalue weighted by Crippen LogP contribution is 2.15. The van der Waals surface area contributed by atoms with Crippen LogP contribution in [-0.4, -0.2) is 24.6 Å². The zero-order valence-corrected chi connectivity index (χ0v) is 10.2. The van der Waals surface area contributed by atoms with Crippen LogP contribution >= 0.6 is 0 Å². The quantitative estimate of drug-likeness (QED) is 0.829. The maximum Gasteiger partial charge on any atom is 0.151 e. The van der Waals surface area contributed by atoms with Gasteiger partial charge in [-0.25, -0.2) is 8.42 Å². The van der Waals surface area contributed by atoms with Gasteiger partial charge in [-0.2, -0.15) is 0 Å². The van der Waals surface area contributed by atoms with E-state index < -0.39 is 9.84 Å². The third kappa shape index (κ3) is 3.35. The van der Waals surface area contributed by atoms with Crippen molar-refractivity contribution in [2.45, 2.75) is 5.75 Å². The molecular weight excluding hydrogens is 236 g/mol. The SMILES string of the molecule is CS(=O)(=O)Cc1ccc(-c2cccnc2)nc1. The van der Waals surface area contributed by atoms with Gasteiger partial charge in [-0.1, -0.05) is 6.07 Å². The molecule has 0 radical (unpaired) electrons. The molecule has 17 heavy (non-hydrogen) atoms. The lowest BCUT2D eigenvalue weighted by Crippen LogP contribution is -2.01. The van der Waals surface area contributed by atoms with Crippen LogP contribution in [-0.2, 0) is 15.6 Å². The summed E-state index contributed by atoms with van der Waals surface area (Å²) in [5.41, 5.74) is 2.40. The Morgan fingerprint density at radius 3 is 2.53 bits per heavy atom. The molecule has 0 aliphatic heterocycles. The summed E-state index contributed by atoms with van der Waals surface area (Å²) in [6.07, 6.45) is 6.21. The smallest absolute Gasteiger partial charge is 0.151 e. The predicted molar refractivity (Wildman–Crippen MR) is 66.0 cm³/mol. The topological polar surface area (TPSA) is 59.9 Å². The molecule has 0 amide bonds. The van der Waals surface area contributed by atoms with Gasteiger partial charge in [-0.3, -0.25) is 9.97 Å². The van der Waals surface area contributed by atoms with Crippen LogP contribution in [0.4, 0.5) is 0 Å². The van der Waals surface area contributed by atoms with Crippen molar-refractivity contribution in [2.75, 3.05) is 6.26 Å². The maximum absolute atomic E-state index is 11.1. The van der Waals surface area contributed by atoms with Gasteiger partial charge in [0.15, 0.2) is 9.84 Å². The Labute approximate surface area is 100 Å². The van der Waals surface area contributed by atoms with Crippen molar-refractivity contribution in [2.24, 2.45) is 0 Å². The van der Waals surface area contributed by atoms with E-state index >= 15 is 0 Å². The second-order valence-corrected chi connectivity index (χ2v) is 6.00. The lowest BCUT2D eigenvalue weighted by atomic mass is 10.2. The fraction of sp³-hybridized carbons (Fsp3) is 0.167. The number of pyridine rings is 2.